The van der Waals surface area contributed by atoms with Crippen molar-refractivity contribution in [2.24, 2.45) is 0 Å². The Bertz CT molecular complexity index is 807. The molecule has 0 unspecified atom stereocenters. The topological polar surface area (TPSA) is 58.1 Å². The van der Waals surface area contributed by atoms with Crippen LogP contribution in [0.4, 0.5) is 11.4 Å². The Hall–Kier alpha value is -2.95. The molecular weight excluding hydrogens is 276 g/mol. The lowest BCUT2D eigenvalue weighted by molar-refractivity contribution is 0.102. The highest BCUT2D eigenvalue weighted by Crippen LogP contribution is 2.18. The largest absolute Gasteiger partial charge is 0.378 e. The van der Waals surface area contributed by atoms with Gasteiger partial charge in [-0.2, -0.15) is 0 Å². The summed E-state index contributed by atoms with van der Waals surface area (Å²) in [4.78, 5) is 22.7. The lowest BCUT2D eigenvalue weighted by Gasteiger charge is -2.13. The summed E-state index contributed by atoms with van der Waals surface area (Å²) >= 11 is 0. The molecule has 5 nitrogen and oxygen atoms in total. The zero-order valence-electron chi connectivity index (χ0n) is 12.4. The Morgan fingerprint density at radius 3 is 2.45 bits per heavy atom. The molecule has 1 amide bonds. The summed E-state index contributed by atoms with van der Waals surface area (Å²) in [7, 11) is 3.95. The van der Waals surface area contributed by atoms with Crippen molar-refractivity contribution in [1.82, 2.24) is 9.97 Å². The third-order valence-corrected chi connectivity index (χ3v) is 3.40. The van der Waals surface area contributed by atoms with Crippen LogP contribution in [0.5, 0.6) is 0 Å². The molecule has 0 aliphatic carbocycles. The van der Waals surface area contributed by atoms with E-state index in [9.17, 15) is 4.79 Å². The van der Waals surface area contributed by atoms with Gasteiger partial charge in [-0.1, -0.05) is 18.2 Å². The highest BCUT2D eigenvalue weighted by molar-refractivity contribution is 6.10. The molecule has 1 aromatic heterocycles. The SMILES string of the molecule is CN(C)c1ccc(NC(=O)c2ncnc3ccccc23)cc1. The molecule has 3 aromatic rings. The summed E-state index contributed by atoms with van der Waals surface area (Å²) in [6, 6.07) is 15.1. The third kappa shape index (κ3) is 2.74. The van der Waals surface area contributed by atoms with Crippen LogP contribution in [0.15, 0.2) is 54.9 Å². The Morgan fingerprint density at radius 1 is 1.00 bits per heavy atom. The molecule has 0 aliphatic rings. The van der Waals surface area contributed by atoms with Crippen molar-refractivity contribution in [3.8, 4) is 0 Å². The first-order valence-electron chi connectivity index (χ1n) is 6.93. The van der Waals surface area contributed by atoms with E-state index in [0.29, 0.717) is 5.69 Å². The van der Waals surface area contributed by atoms with Crippen molar-refractivity contribution < 1.29 is 4.79 Å². The average Bonchev–Trinajstić information content (AvgIpc) is 2.54. The molecule has 0 spiro atoms. The Labute approximate surface area is 128 Å². The van der Waals surface area contributed by atoms with Crippen LogP contribution >= 0.6 is 0 Å². The van der Waals surface area contributed by atoms with E-state index < -0.39 is 0 Å². The number of amides is 1. The van der Waals surface area contributed by atoms with Crippen molar-refractivity contribution >= 4 is 28.2 Å². The lowest BCUT2D eigenvalue weighted by atomic mass is 10.1. The number of carbonyl (C=O) groups excluding carboxylic acids is 1. The average molecular weight is 292 g/mol. The minimum atomic E-state index is -0.240. The molecule has 110 valence electrons. The zero-order chi connectivity index (χ0) is 15.5. The minimum Gasteiger partial charge on any atom is -0.378 e. The molecule has 1 N–H and O–H groups in total. The fourth-order valence-electron chi connectivity index (χ4n) is 2.22. The molecule has 5 heteroatoms. The molecule has 0 saturated heterocycles. The van der Waals surface area contributed by atoms with Gasteiger partial charge in [0.25, 0.3) is 5.91 Å². The van der Waals surface area contributed by atoms with E-state index in [1.54, 1.807) is 0 Å². The van der Waals surface area contributed by atoms with Gasteiger partial charge in [0, 0.05) is 30.9 Å². The summed E-state index contributed by atoms with van der Waals surface area (Å²) in [5.41, 5.74) is 2.94. The second-order valence-electron chi connectivity index (χ2n) is 5.13. The molecule has 22 heavy (non-hydrogen) atoms. The van der Waals surface area contributed by atoms with Crippen molar-refractivity contribution in [1.29, 1.82) is 0 Å². The first-order chi connectivity index (χ1) is 10.6. The van der Waals surface area contributed by atoms with E-state index in [1.807, 2.05) is 67.5 Å². The number of carbonyl (C=O) groups is 1. The number of hydrogen-bond acceptors (Lipinski definition) is 4. The molecule has 0 fully saturated rings. The lowest BCUT2D eigenvalue weighted by Crippen LogP contribution is -2.15. The van der Waals surface area contributed by atoms with Crippen LogP contribution in [0, 0.1) is 0 Å². The number of benzene rings is 2. The molecule has 2 aromatic carbocycles. The molecule has 3 rings (SSSR count). The second-order valence-corrected chi connectivity index (χ2v) is 5.13. The highest BCUT2D eigenvalue weighted by atomic mass is 16.1. The van der Waals surface area contributed by atoms with Gasteiger partial charge in [-0.3, -0.25) is 4.79 Å². The van der Waals surface area contributed by atoms with E-state index in [1.165, 1.54) is 6.33 Å². The van der Waals surface area contributed by atoms with Crippen LogP contribution < -0.4 is 10.2 Å². The highest BCUT2D eigenvalue weighted by Gasteiger charge is 2.12. The van der Waals surface area contributed by atoms with Crippen molar-refractivity contribution in [3.63, 3.8) is 0 Å². The number of nitrogens with one attached hydrogen (secondary N) is 1. The third-order valence-electron chi connectivity index (χ3n) is 3.40. The first kappa shape index (κ1) is 14.0. The number of aromatic nitrogens is 2. The summed E-state index contributed by atoms with van der Waals surface area (Å²) in [5, 5.41) is 3.61. The molecular formula is C17H16N4O. The Morgan fingerprint density at radius 2 is 1.73 bits per heavy atom. The maximum Gasteiger partial charge on any atom is 0.275 e. The molecule has 0 aliphatic heterocycles. The van der Waals surface area contributed by atoms with Gasteiger partial charge >= 0.3 is 0 Å². The zero-order valence-corrected chi connectivity index (χ0v) is 12.4. The van der Waals surface area contributed by atoms with Crippen LogP contribution in [0.2, 0.25) is 0 Å². The maximum atomic E-state index is 12.4. The van der Waals surface area contributed by atoms with E-state index in [2.05, 4.69) is 15.3 Å². The van der Waals surface area contributed by atoms with Gasteiger partial charge in [-0.05, 0) is 30.3 Å². The number of nitrogens with zero attached hydrogens (tertiary/aromatic N) is 3. The monoisotopic (exact) mass is 292 g/mol. The number of hydrogen-bond donors (Lipinski definition) is 1. The number of anilines is 2. The van der Waals surface area contributed by atoms with Gasteiger partial charge in [0.05, 0.1) is 5.52 Å². The quantitative estimate of drug-likeness (QED) is 0.806. The second kappa shape index (κ2) is 5.81. The maximum absolute atomic E-state index is 12.4. The first-order valence-corrected chi connectivity index (χ1v) is 6.93. The van der Waals surface area contributed by atoms with E-state index >= 15 is 0 Å². The minimum absolute atomic E-state index is 0.240. The smallest absolute Gasteiger partial charge is 0.275 e. The number of rotatable bonds is 3. The van der Waals surface area contributed by atoms with E-state index in [-0.39, 0.29) is 5.91 Å². The molecule has 0 atom stereocenters. The summed E-state index contributed by atoms with van der Waals surface area (Å²) in [6.45, 7) is 0. The normalized spacial score (nSPS) is 10.5. The molecule has 0 saturated carbocycles. The van der Waals surface area contributed by atoms with Gasteiger partial charge in [-0.25, -0.2) is 9.97 Å². The predicted octanol–water partition coefficient (Wildman–Crippen LogP) is 2.95. The van der Waals surface area contributed by atoms with Crippen molar-refractivity contribution in [2.75, 3.05) is 24.3 Å². The molecule has 0 bridgehead atoms. The van der Waals surface area contributed by atoms with Crippen LogP contribution in [-0.4, -0.2) is 30.0 Å². The number of para-hydroxylation sites is 1. The predicted molar refractivity (Wildman–Crippen MR) is 88.3 cm³/mol. The summed E-state index contributed by atoms with van der Waals surface area (Å²) < 4.78 is 0. The van der Waals surface area contributed by atoms with Gasteiger partial charge in [0.15, 0.2) is 0 Å². The van der Waals surface area contributed by atoms with Crippen molar-refractivity contribution in [3.05, 3.63) is 60.6 Å². The van der Waals surface area contributed by atoms with Crippen molar-refractivity contribution in [2.45, 2.75) is 0 Å². The van der Waals surface area contributed by atoms with E-state index in [0.717, 1.165) is 22.3 Å². The van der Waals surface area contributed by atoms with Crippen LogP contribution in [0.1, 0.15) is 10.5 Å². The molecule has 1 heterocycles. The number of fused-ring (bicyclic) bond motifs is 1. The molecule has 0 radical (unpaired) electrons. The fraction of sp³-hybridized carbons (Fsp3) is 0.118. The summed E-state index contributed by atoms with van der Waals surface area (Å²) in [5.74, 6) is -0.240. The van der Waals surface area contributed by atoms with Crippen LogP contribution in [-0.2, 0) is 0 Å². The van der Waals surface area contributed by atoms with Gasteiger partial charge < -0.3 is 10.2 Å². The Kier molecular flexibility index (Phi) is 3.70. The van der Waals surface area contributed by atoms with Crippen LogP contribution in [0.3, 0.4) is 0 Å². The van der Waals surface area contributed by atoms with Gasteiger partial charge in [0.2, 0.25) is 0 Å². The van der Waals surface area contributed by atoms with Gasteiger partial charge in [-0.15, -0.1) is 0 Å². The fourth-order valence-corrected chi connectivity index (χ4v) is 2.22. The summed E-state index contributed by atoms with van der Waals surface area (Å²) in [6.07, 6.45) is 1.41. The van der Waals surface area contributed by atoms with E-state index in [4.69, 9.17) is 0 Å². The van der Waals surface area contributed by atoms with Crippen LogP contribution in [0.25, 0.3) is 10.9 Å². The standard InChI is InChI=1S/C17H16N4O/c1-21(2)13-9-7-12(8-10-13)20-17(22)16-14-5-3-4-6-15(14)18-11-19-16/h3-11H,1-2H3,(H,20,22). The Balaban J connectivity index is 1.87. The van der Waals surface area contributed by atoms with Gasteiger partial charge in [0.1, 0.15) is 12.0 Å².